The minimum Gasteiger partial charge on any atom is -0.321 e. The number of carbonyl (C=O) groups excluding carboxylic acids is 2. The van der Waals surface area contributed by atoms with Crippen LogP contribution in [0.15, 0.2) is 78.4 Å². The molecule has 4 nitrogen and oxygen atoms in total. The molecule has 5 aromatic rings. The van der Waals surface area contributed by atoms with Crippen LogP contribution in [-0.2, 0) is 7.05 Å². The molecule has 0 amide bonds. The van der Waals surface area contributed by atoms with Gasteiger partial charge in [-0.05, 0) is 53.1 Å². The molecule has 0 atom stereocenters. The SMILES string of the molecule is Cn1c(C#Cc2ccccc2)cc2sc(C=C3C(=O)c4cc5ccccc5cc4C3=O)nc21. The summed E-state index contributed by atoms with van der Waals surface area (Å²) in [7, 11) is 1.92. The molecule has 0 bridgehead atoms. The van der Waals surface area contributed by atoms with E-state index in [1.807, 2.05) is 84.4 Å². The fourth-order valence-electron chi connectivity index (χ4n) is 4.11. The van der Waals surface area contributed by atoms with Crippen LogP contribution >= 0.6 is 11.3 Å². The van der Waals surface area contributed by atoms with Crippen LogP contribution in [0.1, 0.15) is 37.0 Å². The average Bonchev–Trinajstić information content (AvgIpc) is 3.44. The van der Waals surface area contributed by atoms with Crippen molar-refractivity contribution in [2.75, 3.05) is 0 Å². The van der Waals surface area contributed by atoms with Crippen molar-refractivity contribution in [3.05, 3.63) is 106 Å². The van der Waals surface area contributed by atoms with Crippen molar-refractivity contribution in [2.24, 2.45) is 7.05 Å². The number of nitrogens with zero attached hydrogens (tertiary/aromatic N) is 2. The number of carbonyl (C=O) groups is 2. The molecule has 1 aliphatic carbocycles. The molecule has 0 fully saturated rings. The number of allylic oxidation sites excluding steroid dienone is 1. The maximum atomic E-state index is 13.0. The lowest BCUT2D eigenvalue weighted by molar-refractivity contribution is 0.0990. The fourth-order valence-corrected chi connectivity index (χ4v) is 5.09. The van der Waals surface area contributed by atoms with Crippen molar-refractivity contribution < 1.29 is 9.59 Å². The lowest BCUT2D eigenvalue weighted by Crippen LogP contribution is -2.00. The zero-order valence-electron chi connectivity index (χ0n) is 17.6. The van der Waals surface area contributed by atoms with Crippen LogP contribution in [0, 0.1) is 11.8 Å². The minimum absolute atomic E-state index is 0.170. The maximum Gasteiger partial charge on any atom is 0.197 e. The number of thiazole rings is 1. The molecule has 0 saturated heterocycles. The van der Waals surface area contributed by atoms with Gasteiger partial charge in [-0.2, -0.15) is 0 Å². The molecule has 0 saturated carbocycles. The second kappa shape index (κ2) is 7.40. The van der Waals surface area contributed by atoms with Gasteiger partial charge in [0.05, 0.1) is 16.0 Å². The van der Waals surface area contributed by atoms with Gasteiger partial charge >= 0.3 is 0 Å². The molecule has 33 heavy (non-hydrogen) atoms. The largest absolute Gasteiger partial charge is 0.321 e. The molecule has 2 aromatic heterocycles. The van der Waals surface area contributed by atoms with Gasteiger partial charge in [-0.3, -0.25) is 9.59 Å². The Morgan fingerprint density at radius 1 is 0.848 bits per heavy atom. The number of ketones is 2. The fraction of sp³-hybridized carbons (Fsp3) is 0.0357. The van der Waals surface area contributed by atoms with Gasteiger partial charge in [0.2, 0.25) is 0 Å². The highest BCUT2D eigenvalue weighted by molar-refractivity contribution is 7.19. The Labute approximate surface area is 193 Å². The Kier molecular flexibility index (Phi) is 4.36. The smallest absolute Gasteiger partial charge is 0.197 e. The van der Waals surface area contributed by atoms with Crippen LogP contribution in [0.3, 0.4) is 0 Å². The lowest BCUT2D eigenvalue weighted by atomic mass is 10.0. The number of Topliss-reactive ketones (excluding diaryl/α,β-unsaturated/α-hetero) is 2. The summed E-state index contributed by atoms with van der Waals surface area (Å²) in [5, 5.41) is 2.53. The van der Waals surface area contributed by atoms with Gasteiger partial charge in [0.1, 0.15) is 5.01 Å². The van der Waals surface area contributed by atoms with Crippen LogP contribution in [0.25, 0.3) is 27.2 Å². The van der Waals surface area contributed by atoms with E-state index in [-0.39, 0.29) is 17.1 Å². The normalized spacial score (nSPS) is 12.8. The number of aromatic nitrogens is 2. The second-order valence-corrected chi connectivity index (χ2v) is 8.97. The summed E-state index contributed by atoms with van der Waals surface area (Å²) >= 11 is 1.45. The van der Waals surface area contributed by atoms with E-state index in [1.54, 1.807) is 6.08 Å². The van der Waals surface area contributed by atoms with Crippen LogP contribution in [-0.4, -0.2) is 21.1 Å². The molecule has 1 aliphatic rings. The van der Waals surface area contributed by atoms with Crippen LogP contribution in [0.5, 0.6) is 0 Å². The Balaban J connectivity index is 1.36. The predicted molar refractivity (Wildman–Crippen MR) is 132 cm³/mol. The van der Waals surface area contributed by atoms with Gasteiger partial charge in [0.15, 0.2) is 17.2 Å². The van der Waals surface area contributed by atoms with Crippen LogP contribution in [0.2, 0.25) is 0 Å². The monoisotopic (exact) mass is 444 g/mol. The van der Waals surface area contributed by atoms with E-state index in [9.17, 15) is 9.59 Å². The Morgan fingerprint density at radius 3 is 2.12 bits per heavy atom. The van der Waals surface area contributed by atoms with Gasteiger partial charge in [0.25, 0.3) is 0 Å². The zero-order valence-corrected chi connectivity index (χ0v) is 18.4. The van der Waals surface area contributed by atoms with Crippen molar-refractivity contribution in [2.45, 2.75) is 0 Å². The number of benzene rings is 3. The van der Waals surface area contributed by atoms with Crippen LogP contribution in [0.4, 0.5) is 0 Å². The zero-order chi connectivity index (χ0) is 22.5. The first kappa shape index (κ1) is 19.4. The molecule has 0 radical (unpaired) electrons. The number of hydrogen-bond donors (Lipinski definition) is 0. The maximum absolute atomic E-state index is 13.0. The Morgan fingerprint density at radius 2 is 1.48 bits per heavy atom. The standard InChI is InChI=1S/C28H16N2O2S/c1-30-20(12-11-17-7-3-2-4-8-17)15-24-28(30)29-25(33-24)16-23-26(31)21-13-18-9-5-6-10-19(18)14-22(21)27(23)32/h2-10,13-16H,1H3. The Bertz CT molecular complexity index is 1650. The lowest BCUT2D eigenvalue weighted by Gasteiger charge is -2.00. The molecule has 5 heteroatoms. The molecule has 156 valence electrons. The van der Waals surface area contributed by atoms with Gasteiger partial charge < -0.3 is 4.57 Å². The highest BCUT2D eigenvalue weighted by atomic mass is 32.1. The summed E-state index contributed by atoms with van der Waals surface area (Å²) < 4.78 is 2.90. The van der Waals surface area contributed by atoms with Crippen molar-refractivity contribution in [3.8, 4) is 11.8 Å². The van der Waals surface area contributed by atoms with E-state index in [4.69, 9.17) is 0 Å². The summed E-state index contributed by atoms with van der Waals surface area (Å²) in [4.78, 5) is 30.7. The topological polar surface area (TPSA) is 52.0 Å². The minimum atomic E-state index is -0.241. The van der Waals surface area contributed by atoms with E-state index in [0.717, 1.165) is 32.4 Å². The molecule has 0 spiro atoms. The van der Waals surface area contributed by atoms with Crippen molar-refractivity contribution >= 4 is 50.1 Å². The quantitative estimate of drug-likeness (QED) is 0.191. The molecule has 0 aliphatic heterocycles. The van der Waals surface area contributed by atoms with Crippen molar-refractivity contribution in [1.82, 2.24) is 9.55 Å². The molecule has 0 unspecified atom stereocenters. The molecule has 0 N–H and O–H groups in total. The second-order valence-electron chi connectivity index (χ2n) is 7.91. The van der Waals surface area contributed by atoms with Gasteiger partial charge in [-0.25, -0.2) is 4.98 Å². The molecule has 3 aromatic carbocycles. The molecular weight excluding hydrogens is 428 g/mol. The summed E-state index contributed by atoms with van der Waals surface area (Å²) in [6, 6.07) is 23.2. The number of hydrogen-bond acceptors (Lipinski definition) is 4. The molecule has 2 heterocycles. The third kappa shape index (κ3) is 3.20. The van der Waals surface area contributed by atoms with E-state index in [1.165, 1.54) is 11.3 Å². The number of fused-ring (bicyclic) bond motifs is 3. The predicted octanol–water partition coefficient (Wildman–Crippen LogP) is 5.65. The van der Waals surface area contributed by atoms with Gasteiger partial charge in [-0.1, -0.05) is 48.4 Å². The van der Waals surface area contributed by atoms with Gasteiger partial charge in [0, 0.05) is 23.7 Å². The summed E-state index contributed by atoms with van der Waals surface area (Å²) in [6.07, 6.45) is 1.62. The van der Waals surface area contributed by atoms with E-state index in [2.05, 4.69) is 16.8 Å². The number of aryl methyl sites for hydroxylation is 1. The van der Waals surface area contributed by atoms with E-state index < -0.39 is 0 Å². The summed E-state index contributed by atoms with van der Waals surface area (Å²) in [5.41, 5.74) is 3.69. The first-order chi connectivity index (χ1) is 16.1. The first-order valence-corrected chi connectivity index (χ1v) is 11.3. The van der Waals surface area contributed by atoms with Crippen molar-refractivity contribution in [1.29, 1.82) is 0 Å². The summed E-state index contributed by atoms with van der Waals surface area (Å²) in [5.74, 6) is 5.88. The van der Waals surface area contributed by atoms with Gasteiger partial charge in [-0.15, -0.1) is 11.3 Å². The van der Waals surface area contributed by atoms with E-state index >= 15 is 0 Å². The third-order valence-corrected chi connectivity index (χ3v) is 6.78. The van der Waals surface area contributed by atoms with Crippen molar-refractivity contribution in [3.63, 3.8) is 0 Å². The highest BCUT2D eigenvalue weighted by Crippen LogP contribution is 2.33. The third-order valence-electron chi connectivity index (χ3n) is 5.84. The average molecular weight is 445 g/mol. The van der Waals surface area contributed by atoms with Crippen LogP contribution < -0.4 is 0 Å². The Hall–Kier alpha value is -4.27. The first-order valence-electron chi connectivity index (χ1n) is 10.5. The number of rotatable bonds is 1. The summed E-state index contributed by atoms with van der Waals surface area (Å²) in [6.45, 7) is 0. The highest BCUT2D eigenvalue weighted by Gasteiger charge is 2.33. The molecule has 6 rings (SSSR count). The van der Waals surface area contributed by atoms with E-state index in [0.29, 0.717) is 16.1 Å². The molecular formula is C28H16N2O2S.